The van der Waals surface area contributed by atoms with Gasteiger partial charge in [0.2, 0.25) is 0 Å². The van der Waals surface area contributed by atoms with E-state index in [0.717, 1.165) is 24.2 Å². The SMILES string of the molecule is COc1ccc(C2CC(=O)C(C=NC3Cc4ccccc4C3)=C(O)C2)cc1. The molecule has 1 unspecified atom stereocenters. The molecule has 1 N–H and O–H groups in total. The van der Waals surface area contributed by atoms with Gasteiger partial charge in [-0.15, -0.1) is 0 Å². The number of hydrogen-bond donors (Lipinski definition) is 1. The third kappa shape index (κ3) is 3.65. The summed E-state index contributed by atoms with van der Waals surface area (Å²) in [5, 5.41) is 10.5. The molecule has 0 aliphatic heterocycles. The van der Waals surface area contributed by atoms with Gasteiger partial charge in [0.25, 0.3) is 0 Å². The molecule has 0 aromatic heterocycles. The number of methoxy groups -OCH3 is 1. The van der Waals surface area contributed by atoms with Crippen molar-refractivity contribution in [3.05, 3.63) is 76.6 Å². The molecule has 0 fully saturated rings. The van der Waals surface area contributed by atoms with Crippen LogP contribution in [-0.2, 0) is 17.6 Å². The molecule has 4 heteroatoms. The summed E-state index contributed by atoms with van der Waals surface area (Å²) in [6.07, 6.45) is 4.23. The standard InChI is InChI=1S/C23H23NO3/c1-27-20-8-6-15(7-9-20)18-12-22(25)21(23(26)13-18)14-24-19-10-16-4-2-3-5-17(16)11-19/h2-9,14,18-19,25H,10-13H2,1H3. The van der Waals surface area contributed by atoms with Crippen LogP contribution in [-0.4, -0.2) is 30.3 Å². The fourth-order valence-electron chi connectivity index (χ4n) is 3.99. The second kappa shape index (κ2) is 7.39. The topological polar surface area (TPSA) is 58.9 Å². The Balaban J connectivity index is 1.46. The Morgan fingerprint density at radius 2 is 1.67 bits per heavy atom. The van der Waals surface area contributed by atoms with Crippen LogP contribution in [0.3, 0.4) is 0 Å². The fourth-order valence-corrected chi connectivity index (χ4v) is 3.99. The number of ketones is 1. The van der Waals surface area contributed by atoms with Crippen LogP contribution in [0.4, 0.5) is 0 Å². The maximum Gasteiger partial charge on any atom is 0.168 e. The van der Waals surface area contributed by atoms with Crippen molar-refractivity contribution in [2.45, 2.75) is 37.6 Å². The monoisotopic (exact) mass is 361 g/mol. The molecule has 0 amide bonds. The van der Waals surface area contributed by atoms with E-state index in [1.54, 1.807) is 13.3 Å². The number of hydrogen-bond acceptors (Lipinski definition) is 4. The summed E-state index contributed by atoms with van der Waals surface area (Å²) >= 11 is 0. The average molecular weight is 361 g/mol. The minimum absolute atomic E-state index is 0.00343. The van der Waals surface area contributed by atoms with E-state index in [0.29, 0.717) is 18.4 Å². The first-order valence-corrected chi connectivity index (χ1v) is 9.33. The van der Waals surface area contributed by atoms with E-state index in [4.69, 9.17) is 4.74 Å². The minimum Gasteiger partial charge on any atom is -0.511 e. The van der Waals surface area contributed by atoms with Crippen molar-refractivity contribution in [3.63, 3.8) is 0 Å². The van der Waals surface area contributed by atoms with E-state index < -0.39 is 0 Å². The first kappa shape index (κ1) is 17.5. The number of carbonyl (C=O) groups excluding carboxylic acids is 1. The Bertz CT molecular complexity index is 886. The van der Waals surface area contributed by atoms with Gasteiger partial charge in [0.1, 0.15) is 11.5 Å². The van der Waals surface area contributed by atoms with Gasteiger partial charge in [-0.05, 0) is 47.6 Å². The van der Waals surface area contributed by atoms with E-state index in [1.165, 1.54) is 11.1 Å². The van der Waals surface area contributed by atoms with Crippen molar-refractivity contribution in [2.24, 2.45) is 4.99 Å². The normalized spacial score (nSPS) is 20.3. The molecule has 2 aliphatic rings. The van der Waals surface area contributed by atoms with E-state index in [-0.39, 0.29) is 23.5 Å². The molecule has 0 bridgehead atoms. The van der Waals surface area contributed by atoms with Gasteiger partial charge in [0, 0.05) is 19.1 Å². The number of aliphatic imine (C=N–C) groups is 1. The van der Waals surface area contributed by atoms with Crippen molar-refractivity contribution in [2.75, 3.05) is 7.11 Å². The Morgan fingerprint density at radius 1 is 1.00 bits per heavy atom. The zero-order valence-corrected chi connectivity index (χ0v) is 15.4. The average Bonchev–Trinajstić information content (AvgIpc) is 3.10. The van der Waals surface area contributed by atoms with Gasteiger partial charge in [0.05, 0.1) is 18.7 Å². The number of ether oxygens (including phenoxy) is 1. The third-order valence-corrected chi connectivity index (χ3v) is 5.51. The largest absolute Gasteiger partial charge is 0.511 e. The van der Waals surface area contributed by atoms with Crippen LogP contribution in [0.2, 0.25) is 0 Å². The summed E-state index contributed by atoms with van der Waals surface area (Å²) < 4.78 is 5.18. The summed E-state index contributed by atoms with van der Waals surface area (Å²) in [4.78, 5) is 17.2. The Hall–Kier alpha value is -2.88. The van der Waals surface area contributed by atoms with Crippen molar-refractivity contribution < 1.29 is 14.6 Å². The summed E-state index contributed by atoms with van der Waals surface area (Å²) in [6.45, 7) is 0. The maximum absolute atomic E-state index is 12.6. The molecule has 27 heavy (non-hydrogen) atoms. The van der Waals surface area contributed by atoms with Gasteiger partial charge in [-0.2, -0.15) is 0 Å². The van der Waals surface area contributed by atoms with Gasteiger partial charge in [-0.3, -0.25) is 9.79 Å². The molecule has 2 aliphatic carbocycles. The lowest BCUT2D eigenvalue weighted by molar-refractivity contribution is -0.116. The predicted octanol–water partition coefficient (Wildman–Crippen LogP) is 4.19. The molecule has 138 valence electrons. The molecule has 2 aromatic rings. The Morgan fingerprint density at radius 3 is 2.26 bits per heavy atom. The molecule has 1 atom stereocenters. The van der Waals surface area contributed by atoms with E-state index in [9.17, 15) is 9.90 Å². The predicted molar refractivity (Wildman–Crippen MR) is 106 cm³/mol. The van der Waals surface area contributed by atoms with E-state index in [1.807, 2.05) is 36.4 Å². The number of carbonyl (C=O) groups is 1. The molecule has 0 spiro atoms. The van der Waals surface area contributed by atoms with Crippen molar-refractivity contribution in [3.8, 4) is 5.75 Å². The number of rotatable bonds is 4. The van der Waals surface area contributed by atoms with Crippen molar-refractivity contribution in [1.29, 1.82) is 0 Å². The highest BCUT2D eigenvalue weighted by molar-refractivity contribution is 6.14. The van der Waals surface area contributed by atoms with E-state index >= 15 is 0 Å². The van der Waals surface area contributed by atoms with Gasteiger partial charge < -0.3 is 9.84 Å². The smallest absolute Gasteiger partial charge is 0.168 e. The molecule has 4 nitrogen and oxygen atoms in total. The first-order chi connectivity index (χ1) is 13.1. The molecule has 0 saturated carbocycles. The maximum atomic E-state index is 12.6. The van der Waals surface area contributed by atoms with Gasteiger partial charge in [0.15, 0.2) is 5.78 Å². The molecule has 4 rings (SSSR count). The number of fused-ring (bicyclic) bond motifs is 1. The number of Topliss-reactive ketones (excluding diaryl/α,β-unsaturated/α-hetero) is 1. The van der Waals surface area contributed by atoms with Gasteiger partial charge >= 0.3 is 0 Å². The van der Waals surface area contributed by atoms with Gasteiger partial charge in [-0.1, -0.05) is 36.4 Å². The number of nitrogens with zero attached hydrogens (tertiary/aromatic N) is 1. The molecule has 0 radical (unpaired) electrons. The van der Waals surface area contributed by atoms with E-state index in [2.05, 4.69) is 17.1 Å². The lowest BCUT2D eigenvalue weighted by Gasteiger charge is -2.22. The van der Waals surface area contributed by atoms with Crippen LogP contribution < -0.4 is 4.74 Å². The first-order valence-electron chi connectivity index (χ1n) is 9.33. The lowest BCUT2D eigenvalue weighted by atomic mass is 9.83. The summed E-state index contributed by atoms with van der Waals surface area (Å²) in [5.74, 6) is 0.882. The molecule has 0 heterocycles. The zero-order chi connectivity index (χ0) is 18.8. The Labute approximate surface area is 159 Å². The lowest BCUT2D eigenvalue weighted by Crippen LogP contribution is -2.20. The molecule has 0 saturated heterocycles. The van der Waals surface area contributed by atoms with Crippen LogP contribution in [0.25, 0.3) is 0 Å². The summed E-state index contributed by atoms with van der Waals surface area (Å²) in [5.41, 5.74) is 4.06. The summed E-state index contributed by atoms with van der Waals surface area (Å²) in [7, 11) is 1.63. The summed E-state index contributed by atoms with van der Waals surface area (Å²) in [6, 6.07) is 16.2. The van der Waals surface area contributed by atoms with Crippen molar-refractivity contribution in [1.82, 2.24) is 0 Å². The number of aliphatic hydroxyl groups excluding tert-OH is 1. The molecule has 2 aromatic carbocycles. The zero-order valence-electron chi connectivity index (χ0n) is 15.4. The van der Waals surface area contributed by atoms with Gasteiger partial charge in [-0.25, -0.2) is 0 Å². The number of benzene rings is 2. The minimum atomic E-state index is -0.0428. The quantitative estimate of drug-likeness (QED) is 0.831. The second-order valence-electron chi connectivity index (χ2n) is 7.27. The van der Waals surface area contributed by atoms with Crippen molar-refractivity contribution >= 4 is 12.0 Å². The number of allylic oxidation sites excluding steroid dienone is 2. The third-order valence-electron chi connectivity index (χ3n) is 5.51. The van der Waals surface area contributed by atoms with Crippen LogP contribution in [0.15, 0.2) is 64.9 Å². The van der Waals surface area contributed by atoms with Crippen LogP contribution in [0.5, 0.6) is 5.75 Å². The fraction of sp³-hybridized carbons (Fsp3) is 0.304. The molecular weight excluding hydrogens is 338 g/mol. The van der Waals surface area contributed by atoms with Crippen LogP contribution in [0, 0.1) is 0 Å². The second-order valence-corrected chi connectivity index (χ2v) is 7.27. The number of aliphatic hydroxyl groups is 1. The van der Waals surface area contributed by atoms with Crippen LogP contribution >= 0.6 is 0 Å². The van der Waals surface area contributed by atoms with Crippen LogP contribution in [0.1, 0.15) is 35.4 Å². The highest BCUT2D eigenvalue weighted by Crippen LogP contribution is 2.34. The highest BCUT2D eigenvalue weighted by atomic mass is 16.5. The molecular formula is C23H23NO3. The Kier molecular flexibility index (Phi) is 4.80. The highest BCUT2D eigenvalue weighted by Gasteiger charge is 2.28.